The van der Waals surface area contributed by atoms with E-state index in [0.29, 0.717) is 0 Å². The van der Waals surface area contributed by atoms with Crippen LogP contribution in [0.3, 0.4) is 0 Å². The van der Waals surface area contributed by atoms with Crippen LogP contribution in [0.25, 0.3) is 0 Å². The minimum atomic E-state index is -3.40. The maximum atomic E-state index is 12.5. The van der Waals surface area contributed by atoms with Crippen molar-refractivity contribution in [3.05, 3.63) is 12.7 Å². The number of carbonyl (C=O) groups is 1. The Kier molecular flexibility index (Phi) is 8.34. The van der Waals surface area contributed by atoms with Crippen molar-refractivity contribution in [3.8, 4) is 0 Å². The van der Waals surface area contributed by atoms with Gasteiger partial charge in [0.2, 0.25) is 0 Å². The maximum absolute atomic E-state index is 12.5. The van der Waals surface area contributed by atoms with Gasteiger partial charge in [0.1, 0.15) is 0 Å². The first kappa shape index (κ1) is 26.0. The molecule has 28 heavy (non-hydrogen) atoms. The summed E-state index contributed by atoms with van der Waals surface area (Å²) in [6, 6.07) is 0. The summed E-state index contributed by atoms with van der Waals surface area (Å²) in [6.45, 7) is 25.2. The van der Waals surface area contributed by atoms with Gasteiger partial charge in [0.05, 0.1) is 0 Å². The van der Waals surface area contributed by atoms with Crippen LogP contribution in [-0.2, 0) is 21.9 Å². The lowest BCUT2D eigenvalue weighted by atomic mass is 9.87. The monoisotopic (exact) mass is 462 g/mol. The van der Waals surface area contributed by atoms with Gasteiger partial charge in [-0.05, 0) is 78.2 Å². The SMILES string of the molecule is C=CC(=O)OC1([Si](O[Si](C)(C)C)(O[Si](C)(C)C)O[Si](C)(C)C)CCCCC1C. The Bertz CT molecular complexity index is 521. The van der Waals surface area contributed by atoms with Crippen molar-refractivity contribution in [1.29, 1.82) is 0 Å². The zero-order valence-electron chi connectivity index (χ0n) is 19.7. The molecule has 164 valence electrons. The largest absolute Gasteiger partial charge is 0.516 e. The molecule has 2 unspecified atom stereocenters. The van der Waals surface area contributed by atoms with Crippen LogP contribution in [0.5, 0.6) is 0 Å². The molecule has 1 saturated carbocycles. The minimum absolute atomic E-state index is 0.112. The van der Waals surface area contributed by atoms with E-state index in [9.17, 15) is 4.79 Å². The Hall–Kier alpha value is -0.0425. The van der Waals surface area contributed by atoms with Crippen LogP contribution >= 0.6 is 0 Å². The molecule has 1 rings (SSSR count). The van der Waals surface area contributed by atoms with Gasteiger partial charge in [-0.15, -0.1) is 0 Å². The van der Waals surface area contributed by atoms with Gasteiger partial charge < -0.3 is 17.1 Å². The molecule has 0 N–H and O–H groups in total. The van der Waals surface area contributed by atoms with Crippen molar-refractivity contribution in [2.24, 2.45) is 5.92 Å². The summed E-state index contributed by atoms with van der Waals surface area (Å²) < 4.78 is 27.0. The molecule has 0 saturated heterocycles. The van der Waals surface area contributed by atoms with Crippen molar-refractivity contribution in [2.45, 2.75) is 96.8 Å². The summed E-state index contributed by atoms with van der Waals surface area (Å²) in [5, 5.41) is -0.850. The van der Waals surface area contributed by atoms with E-state index in [0.717, 1.165) is 25.7 Å². The third kappa shape index (κ3) is 7.03. The molecule has 0 spiro atoms. The second-order valence-electron chi connectivity index (χ2n) is 10.9. The third-order valence-electron chi connectivity index (χ3n) is 4.52. The summed E-state index contributed by atoms with van der Waals surface area (Å²) in [5.41, 5.74) is 0. The highest BCUT2D eigenvalue weighted by Crippen LogP contribution is 2.47. The Morgan fingerprint density at radius 3 is 1.64 bits per heavy atom. The van der Waals surface area contributed by atoms with Gasteiger partial charge in [-0.1, -0.05) is 19.9 Å². The highest BCUT2D eigenvalue weighted by Gasteiger charge is 2.69. The third-order valence-corrected chi connectivity index (χ3v) is 17.0. The van der Waals surface area contributed by atoms with E-state index in [2.05, 4.69) is 72.4 Å². The van der Waals surface area contributed by atoms with Crippen LogP contribution in [-0.4, -0.2) is 45.0 Å². The zero-order chi connectivity index (χ0) is 22.0. The van der Waals surface area contributed by atoms with Crippen molar-refractivity contribution >= 4 is 39.7 Å². The molecule has 0 aromatic heterocycles. The van der Waals surface area contributed by atoms with Crippen LogP contribution in [0.15, 0.2) is 12.7 Å². The average molecular weight is 463 g/mol. The molecule has 9 heteroatoms. The first-order chi connectivity index (χ1) is 12.5. The van der Waals surface area contributed by atoms with Crippen LogP contribution in [0.1, 0.15) is 32.6 Å². The number of ether oxygens (including phenoxy) is 1. The summed E-state index contributed by atoms with van der Waals surface area (Å²) in [7, 11) is -9.62. The van der Waals surface area contributed by atoms with Gasteiger partial charge in [0.25, 0.3) is 0 Å². The number of esters is 1. The number of hydrogen-bond acceptors (Lipinski definition) is 5. The first-order valence-electron chi connectivity index (χ1n) is 10.4. The van der Waals surface area contributed by atoms with E-state index in [1.165, 1.54) is 6.08 Å². The Morgan fingerprint density at radius 1 is 0.893 bits per heavy atom. The normalized spacial score (nSPS) is 24.7. The predicted molar refractivity (Wildman–Crippen MR) is 126 cm³/mol. The second kappa shape index (κ2) is 8.99. The Labute approximate surface area is 176 Å². The van der Waals surface area contributed by atoms with E-state index in [1.807, 2.05) is 0 Å². The summed E-state index contributed by atoms with van der Waals surface area (Å²) in [4.78, 5) is 12.5. The van der Waals surface area contributed by atoms with E-state index in [-0.39, 0.29) is 5.92 Å². The maximum Gasteiger partial charge on any atom is 0.516 e. The second-order valence-corrected chi connectivity index (χ2v) is 27.9. The highest BCUT2D eigenvalue weighted by atomic mass is 28.5. The van der Waals surface area contributed by atoms with Crippen molar-refractivity contribution < 1.29 is 21.9 Å². The van der Waals surface area contributed by atoms with Gasteiger partial charge >= 0.3 is 14.8 Å². The molecule has 0 radical (unpaired) electrons. The lowest BCUT2D eigenvalue weighted by Crippen LogP contribution is -2.76. The van der Waals surface area contributed by atoms with Crippen LogP contribution in [0, 0.1) is 5.92 Å². The quantitative estimate of drug-likeness (QED) is 0.250. The van der Waals surface area contributed by atoms with Crippen LogP contribution < -0.4 is 0 Å². The summed E-state index contributed by atoms with van der Waals surface area (Å²) >= 11 is 0. The molecule has 0 amide bonds. The van der Waals surface area contributed by atoms with Crippen LogP contribution in [0.4, 0.5) is 0 Å². The molecule has 0 bridgehead atoms. The number of carbonyl (C=O) groups excluding carboxylic acids is 1. The predicted octanol–water partition coefficient (Wildman–Crippen LogP) is 5.70. The average Bonchev–Trinajstić information content (AvgIpc) is 2.43. The molecule has 1 aliphatic rings. The van der Waals surface area contributed by atoms with Crippen molar-refractivity contribution in [1.82, 2.24) is 0 Å². The highest BCUT2D eigenvalue weighted by molar-refractivity contribution is 6.91. The molecule has 0 aromatic carbocycles. The first-order valence-corrected chi connectivity index (χ1v) is 22.4. The fraction of sp³-hybridized carbons (Fsp3) is 0.842. The standard InChI is InChI=1S/C19H42O5Si4/c1-12-18(20)21-19(16-14-13-15-17(19)2)28(22-25(3,4)5,23-26(6,7)8)24-27(9,10)11/h12,17H,1,13-16H2,2-11H3. The van der Waals surface area contributed by atoms with E-state index in [1.54, 1.807) is 0 Å². The summed E-state index contributed by atoms with van der Waals surface area (Å²) in [5.74, 6) is -0.302. The van der Waals surface area contributed by atoms with Crippen molar-refractivity contribution in [2.75, 3.05) is 0 Å². The zero-order valence-corrected chi connectivity index (χ0v) is 23.7. The van der Waals surface area contributed by atoms with Crippen LogP contribution in [0.2, 0.25) is 58.9 Å². The lowest BCUT2D eigenvalue weighted by Gasteiger charge is -2.55. The molecule has 0 heterocycles. The molecule has 5 nitrogen and oxygen atoms in total. The Balaban J connectivity index is 3.76. The van der Waals surface area contributed by atoms with E-state index < -0.39 is 45.0 Å². The molecule has 1 aliphatic carbocycles. The molecule has 1 fully saturated rings. The fourth-order valence-corrected chi connectivity index (χ4v) is 18.6. The molecular weight excluding hydrogens is 421 g/mol. The minimum Gasteiger partial charge on any atom is -0.451 e. The van der Waals surface area contributed by atoms with Gasteiger partial charge in [-0.2, -0.15) is 0 Å². The number of hydrogen-bond donors (Lipinski definition) is 0. The molecular formula is C19H42O5Si4. The van der Waals surface area contributed by atoms with Gasteiger partial charge in [0, 0.05) is 12.0 Å². The molecule has 0 aromatic rings. The van der Waals surface area contributed by atoms with Gasteiger partial charge in [-0.25, -0.2) is 4.79 Å². The lowest BCUT2D eigenvalue weighted by molar-refractivity contribution is -0.158. The smallest absolute Gasteiger partial charge is 0.451 e. The summed E-state index contributed by atoms with van der Waals surface area (Å²) in [6.07, 6.45) is 5.03. The Morgan fingerprint density at radius 2 is 1.32 bits per heavy atom. The fourth-order valence-electron chi connectivity index (χ4n) is 3.74. The van der Waals surface area contributed by atoms with Gasteiger partial charge in [-0.3, -0.25) is 0 Å². The van der Waals surface area contributed by atoms with E-state index >= 15 is 0 Å². The van der Waals surface area contributed by atoms with Gasteiger partial charge in [0.15, 0.2) is 30.2 Å². The van der Waals surface area contributed by atoms with E-state index in [4.69, 9.17) is 17.1 Å². The van der Waals surface area contributed by atoms with Crippen molar-refractivity contribution in [3.63, 3.8) is 0 Å². The topological polar surface area (TPSA) is 54.0 Å². The molecule has 2 atom stereocenters. The number of rotatable bonds is 9. The molecule has 0 aliphatic heterocycles.